The number of sulfonamides is 1. The predicted octanol–water partition coefficient (Wildman–Crippen LogP) is 0.990. The van der Waals surface area contributed by atoms with Crippen LogP contribution in [0, 0.1) is 5.82 Å². The summed E-state index contributed by atoms with van der Waals surface area (Å²) < 4.78 is 38.7. The third-order valence-corrected chi connectivity index (χ3v) is 4.89. The molecule has 0 aliphatic carbocycles. The first-order valence-corrected chi connectivity index (χ1v) is 7.45. The number of carbonyl (C=O) groups is 1. The standard InChI is InChI=1S/C11H12ClFN2O3S/c12-9-6-8(2-3-10(9)13)19(17,18)15-5-1-4-14-11(16)7-15/h2-3,6H,1,4-5,7H2,(H,14,16). The fraction of sp³-hybridized carbons (Fsp3) is 0.364. The van der Waals surface area contributed by atoms with E-state index in [4.69, 9.17) is 11.6 Å². The molecule has 8 heteroatoms. The first-order chi connectivity index (χ1) is 8.91. The number of halogens is 2. The fourth-order valence-corrected chi connectivity index (χ4v) is 3.48. The molecule has 2 rings (SSSR count). The summed E-state index contributed by atoms with van der Waals surface area (Å²) in [6.07, 6.45) is 0.528. The number of nitrogens with one attached hydrogen (secondary N) is 1. The molecule has 0 unspecified atom stereocenters. The Morgan fingerprint density at radius 2 is 2.11 bits per heavy atom. The highest BCUT2D eigenvalue weighted by atomic mass is 35.5. The lowest BCUT2D eigenvalue weighted by atomic mass is 10.3. The highest BCUT2D eigenvalue weighted by Crippen LogP contribution is 2.22. The van der Waals surface area contributed by atoms with E-state index in [1.807, 2.05) is 0 Å². The topological polar surface area (TPSA) is 66.5 Å². The highest BCUT2D eigenvalue weighted by molar-refractivity contribution is 7.89. The van der Waals surface area contributed by atoms with Gasteiger partial charge >= 0.3 is 0 Å². The average molecular weight is 307 g/mol. The van der Waals surface area contributed by atoms with Crippen LogP contribution in [0.4, 0.5) is 4.39 Å². The molecule has 19 heavy (non-hydrogen) atoms. The summed E-state index contributed by atoms with van der Waals surface area (Å²) in [5.41, 5.74) is 0. The van der Waals surface area contributed by atoms with Crippen molar-refractivity contribution in [3.05, 3.63) is 29.0 Å². The van der Waals surface area contributed by atoms with E-state index in [2.05, 4.69) is 5.32 Å². The van der Waals surface area contributed by atoms with Crippen LogP contribution in [0.5, 0.6) is 0 Å². The summed E-state index contributed by atoms with van der Waals surface area (Å²) in [5.74, 6) is -1.04. The third-order valence-electron chi connectivity index (χ3n) is 2.76. The van der Waals surface area contributed by atoms with Gasteiger partial charge in [-0.25, -0.2) is 12.8 Å². The molecule has 1 saturated heterocycles. The second-order valence-corrected chi connectivity index (χ2v) is 6.46. The lowest BCUT2D eigenvalue weighted by Gasteiger charge is -2.18. The van der Waals surface area contributed by atoms with E-state index >= 15 is 0 Å². The molecule has 104 valence electrons. The lowest BCUT2D eigenvalue weighted by molar-refractivity contribution is -0.120. The van der Waals surface area contributed by atoms with Crippen molar-refractivity contribution in [1.29, 1.82) is 0 Å². The zero-order valence-electron chi connectivity index (χ0n) is 9.90. The van der Waals surface area contributed by atoms with Gasteiger partial charge in [-0.05, 0) is 24.6 Å². The van der Waals surface area contributed by atoms with Crippen molar-refractivity contribution in [3.63, 3.8) is 0 Å². The Kier molecular flexibility index (Phi) is 4.07. The molecule has 0 saturated carbocycles. The predicted molar refractivity (Wildman–Crippen MR) is 67.8 cm³/mol. The minimum Gasteiger partial charge on any atom is -0.355 e. The number of rotatable bonds is 2. The van der Waals surface area contributed by atoms with Crippen molar-refractivity contribution in [3.8, 4) is 0 Å². The second-order valence-electron chi connectivity index (χ2n) is 4.12. The Hall–Kier alpha value is -1.18. The van der Waals surface area contributed by atoms with Gasteiger partial charge in [0.05, 0.1) is 16.5 Å². The maximum Gasteiger partial charge on any atom is 0.243 e. The molecule has 0 atom stereocenters. The second kappa shape index (κ2) is 5.44. The van der Waals surface area contributed by atoms with Gasteiger partial charge in [-0.3, -0.25) is 4.79 Å². The van der Waals surface area contributed by atoms with Crippen LogP contribution in [0.15, 0.2) is 23.1 Å². The van der Waals surface area contributed by atoms with Gasteiger partial charge in [0, 0.05) is 13.1 Å². The van der Waals surface area contributed by atoms with Crippen molar-refractivity contribution in [1.82, 2.24) is 9.62 Å². The van der Waals surface area contributed by atoms with E-state index in [-0.39, 0.29) is 28.9 Å². The molecular formula is C11H12ClFN2O3S. The van der Waals surface area contributed by atoms with E-state index in [0.717, 1.165) is 22.5 Å². The molecule has 1 amide bonds. The molecule has 1 aromatic carbocycles. The van der Waals surface area contributed by atoms with E-state index < -0.39 is 15.8 Å². The van der Waals surface area contributed by atoms with Gasteiger partial charge in [0.15, 0.2) is 0 Å². The lowest BCUT2D eigenvalue weighted by Crippen LogP contribution is -2.37. The molecule has 0 spiro atoms. The largest absolute Gasteiger partial charge is 0.355 e. The van der Waals surface area contributed by atoms with Gasteiger partial charge in [-0.2, -0.15) is 4.31 Å². The molecule has 1 aliphatic heterocycles. The Balaban J connectivity index is 2.35. The molecule has 1 fully saturated rings. The Bertz CT molecular complexity index is 606. The van der Waals surface area contributed by atoms with Crippen LogP contribution >= 0.6 is 11.6 Å². The minimum absolute atomic E-state index is 0.117. The van der Waals surface area contributed by atoms with E-state index in [1.165, 1.54) is 0 Å². The molecule has 1 aromatic rings. The summed E-state index contributed by atoms with van der Waals surface area (Å²) >= 11 is 5.58. The Morgan fingerprint density at radius 3 is 2.79 bits per heavy atom. The summed E-state index contributed by atoms with van der Waals surface area (Å²) in [6, 6.07) is 3.18. The van der Waals surface area contributed by atoms with Gasteiger partial charge in [0.2, 0.25) is 15.9 Å². The van der Waals surface area contributed by atoms with Gasteiger partial charge < -0.3 is 5.32 Å². The molecule has 0 bridgehead atoms. The molecule has 0 aromatic heterocycles. The van der Waals surface area contributed by atoms with Crippen molar-refractivity contribution in [2.45, 2.75) is 11.3 Å². The maximum atomic E-state index is 13.1. The third kappa shape index (κ3) is 3.05. The highest BCUT2D eigenvalue weighted by Gasteiger charge is 2.28. The smallest absolute Gasteiger partial charge is 0.243 e. The van der Waals surface area contributed by atoms with Crippen molar-refractivity contribution in [2.75, 3.05) is 19.6 Å². The number of amides is 1. The first-order valence-electron chi connectivity index (χ1n) is 5.63. The van der Waals surface area contributed by atoms with Gasteiger partial charge in [-0.15, -0.1) is 0 Å². The van der Waals surface area contributed by atoms with Crippen molar-refractivity contribution in [2.24, 2.45) is 0 Å². The van der Waals surface area contributed by atoms with Crippen LogP contribution in [0.2, 0.25) is 5.02 Å². The van der Waals surface area contributed by atoms with Crippen LogP contribution in [0.25, 0.3) is 0 Å². The summed E-state index contributed by atoms with van der Waals surface area (Å²) in [5, 5.41) is 2.32. The number of carbonyl (C=O) groups excluding carboxylic acids is 1. The molecular weight excluding hydrogens is 295 g/mol. The van der Waals surface area contributed by atoms with Crippen molar-refractivity contribution >= 4 is 27.5 Å². The maximum absolute atomic E-state index is 13.1. The van der Waals surface area contributed by atoms with Gasteiger partial charge in [0.25, 0.3) is 0 Å². The summed E-state index contributed by atoms with van der Waals surface area (Å²) in [4.78, 5) is 11.3. The van der Waals surface area contributed by atoms with E-state index in [0.29, 0.717) is 13.0 Å². The number of hydrogen-bond acceptors (Lipinski definition) is 3. The SMILES string of the molecule is O=C1CN(S(=O)(=O)c2ccc(F)c(Cl)c2)CCCN1. The number of benzene rings is 1. The Morgan fingerprint density at radius 1 is 1.37 bits per heavy atom. The zero-order valence-corrected chi connectivity index (χ0v) is 11.5. The molecule has 1 N–H and O–H groups in total. The minimum atomic E-state index is -3.84. The molecule has 5 nitrogen and oxygen atoms in total. The molecule has 0 radical (unpaired) electrons. The average Bonchev–Trinajstić information content (AvgIpc) is 2.57. The summed E-state index contributed by atoms with van der Waals surface area (Å²) in [6.45, 7) is 0.433. The van der Waals surface area contributed by atoms with Crippen LogP contribution in [0.3, 0.4) is 0 Å². The molecule has 1 heterocycles. The van der Waals surface area contributed by atoms with Gasteiger partial charge in [-0.1, -0.05) is 11.6 Å². The van der Waals surface area contributed by atoms with Crippen LogP contribution < -0.4 is 5.32 Å². The van der Waals surface area contributed by atoms with Crippen LogP contribution in [-0.4, -0.2) is 38.3 Å². The van der Waals surface area contributed by atoms with Crippen LogP contribution in [-0.2, 0) is 14.8 Å². The van der Waals surface area contributed by atoms with E-state index in [9.17, 15) is 17.6 Å². The van der Waals surface area contributed by atoms with E-state index in [1.54, 1.807) is 0 Å². The first kappa shape index (κ1) is 14.2. The zero-order chi connectivity index (χ0) is 14.0. The van der Waals surface area contributed by atoms with Crippen molar-refractivity contribution < 1.29 is 17.6 Å². The van der Waals surface area contributed by atoms with Gasteiger partial charge in [0.1, 0.15) is 5.82 Å². The number of hydrogen-bond donors (Lipinski definition) is 1. The Labute approximate surface area is 115 Å². The number of nitrogens with zero attached hydrogens (tertiary/aromatic N) is 1. The normalized spacial score (nSPS) is 17.9. The summed E-state index contributed by atoms with van der Waals surface area (Å²) in [7, 11) is -3.84. The monoisotopic (exact) mass is 306 g/mol. The quantitative estimate of drug-likeness (QED) is 0.886. The fourth-order valence-electron chi connectivity index (χ4n) is 1.77. The molecule has 1 aliphatic rings. The van der Waals surface area contributed by atoms with Crippen LogP contribution in [0.1, 0.15) is 6.42 Å².